The summed E-state index contributed by atoms with van der Waals surface area (Å²) in [4.78, 5) is 29.0. The molecule has 4 aromatic rings. The molecular formula is C26H28N6O2. The summed E-state index contributed by atoms with van der Waals surface area (Å²) in [7, 11) is 1.75. The molecule has 2 aromatic carbocycles. The van der Waals surface area contributed by atoms with E-state index in [1.807, 2.05) is 59.3 Å². The van der Waals surface area contributed by atoms with Gasteiger partial charge in [0.05, 0.1) is 23.5 Å². The van der Waals surface area contributed by atoms with Gasteiger partial charge in [-0.15, -0.1) is 0 Å². The molecular weight excluding hydrogens is 428 g/mol. The Balaban J connectivity index is 1.39. The highest BCUT2D eigenvalue weighted by Gasteiger charge is 2.26. The first-order chi connectivity index (χ1) is 16.7. The summed E-state index contributed by atoms with van der Waals surface area (Å²) in [6, 6.07) is 15.6. The lowest BCUT2D eigenvalue weighted by Gasteiger charge is -2.21. The first kappa shape index (κ1) is 22.0. The Kier molecular flexibility index (Phi) is 6.49. The number of rotatable bonds is 8. The Morgan fingerprint density at radius 1 is 1.15 bits per heavy atom. The number of nitrogens with zero attached hydrogens (tertiary/aromatic N) is 5. The number of imidazole rings is 1. The molecule has 0 saturated carbocycles. The van der Waals surface area contributed by atoms with Gasteiger partial charge >= 0.3 is 0 Å². The molecule has 0 radical (unpaired) electrons. The van der Waals surface area contributed by atoms with Crippen molar-refractivity contribution in [2.24, 2.45) is 0 Å². The fourth-order valence-corrected chi connectivity index (χ4v) is 4.29. The maximum Gasteiger partial charge on any atom is 0.251 e. The second-order valence-electron chi connectivity index (χ2n) is 8.47. The second kappa shape index (κ2) is 10.0. The van der Waals surface area contributed by atoms with Crippen molar-refractivity contribution in [3.63, 3.8) is 0 Å². The molecule has 1 N–H and O–H groups in total. The van der Waals surface area contributed by atoms with Crippen molar-refractivity contribution >= 4 is 22.8 Å². The topological polar surface area (TPSA) is 85.2 Å². The first-order valence-corrected chi connectivity index (χ1v) is 11.6. The molecule has 1 amide bonds. The third kappa shape index (κ3) is 4.77. The van der Waals surface area contributed by atoms with Crippen molar-refractivity contribution in [2.45, 2.75) is 25.5 Å². The van der Waals surface area contributed by atoms with Crippen LogP contribution in [0.1, 0.15) is 23.2 Å². The number of hydrogen-bond acceptors (Lipinski definition) is 6. The summed E-state index contributed by atoms with van der Waals surface area (Å²) in [6.45, 7) is 3.06. The highest BCUT2D eigenvalue weighted by molar-refractivity contribution is 5.97. The number of carbonyl (C=O) groups excluding carboxylic acids is 1. The van der Waals surface area contributed by atoms with E-state index in [9.17, 15) is 4.79 Å². The standard InChI is InChI=1S/C26H28N6O2/c1-34-21-10-14-32(17-21)25-24(19-6-3-2-4-7-19)29-23-16-20(8-9-22(23)30-25)26(33)28-11-5-13-31-15-12-27-18-31/h2-4,6-9,12,15-16,18,21H,5,10-11,13-14,17H2,1H3,(H,28,33). The number of fused-ring (bicyclic) bond motifs is 1. The van der Waals surface area contributed by atoms with Gasteiger partial charge in [0.2, 0.25) is 0 Å². The summed E-state index contributed by atoms with van der Waals surface area (Å²) in [5.74, 6) is 0.747. The van der Waals surface area contributed by atoms with E-state index in [1.165, 1.54) is 0 Å². The molecule has 2 aromatic heterocycles. The first-order valence-electron chi connectivity index (χ1n) is 11.6. The number of aryl methyl sites for hydroxylation is 1. The molecule has 8 heteroatoms. The van der Waals surface area contributed by atoms with E-state index in [0.717, 1.165) is 55.1 Å². The van der Waals surface area contributed by atoms with Gasteiger partial charge in [0.15, 0.2) is 5.82 Å². The number of aromatic nitrogens is 4. The van der Waals surface area contributed by atoms with Gasteiger partial charge in [-0.1, -0.05) is 30.3 Å². The molecule has 8 nitrogen and oxygen atoms in total. The van der Waals surface area contributed by atoms with E-state index in [-0.39, 0.29) is 12.0 Å². The molecule has 1 aliphatic heterocycles. The van der Waals surface area contributed by atoms with Gasteiger partial charge < -0.3 is 19.5 Å². The Morgan fingerprint density at radius 2 is 2.03 bits per heavy atom. The van der Waals surface area contributed by atoms with Crippen LogP contribution in [0.25, 0.3) is 22.3 Å². The van der Waals surface area contributed by atoms with E-state index in [0.29, 0.717) is 17.6 Å². The van der Waals surface area contributed by atoms with E-state index in [1.54, 1.807) is 19.6 Å². The maximum absolute atomic E-state index is 12.7. The van der Waals surface area contributed by atoms with Crippen LogP contribution in [0.3, 0.4) is 0 Å². The van der Waals surface area contributed by atoms with Gasteiger partial charge in [0.1, 0.15) is 5.69 Å². The molecule has 1 fully saturated rings. The summed E-state index contributed by atoms with van der Waals surface area (Å²) in [5, 5.41) is 3.00. The Labute approximate surface area is 198 Å². The number of ether oxygens (including phenoxy) is 1. The van der Waals surface area contributed by atoms with Crippen molar-refractivity contribution in [1.29, 1.82) is 0 Å². The molecule has 0 spiro atoms. The van der Waals surface area contributed by atoms with Gasteiger partial charge in [-0.05, 0) is 31.0 Å². The highest BCUT2D eigenvalue weighted by atomic mass is 16.5. The second-order valence-corrected chi connectivity index (χ2v) is 8.47. The number of nitrogens with one attached hydrogen (secondary N) is 1. The van der Waals surface area contributed by atoms with Crippen LogP contribution in [0.4, 0.5) is 5.82 Å². The maximum atomic E-state index is 12.7. The lowest BCUT2D eigenvalue weighted by Crippen LogP contribution is -2.25. The largest absolute Gasteiger partial charge is 0.380 e. The number of anilines is 1. The van der Waals surface area contributed by atoms with E-state index in [4.69, 9.17) is 14.7 Å². The van der Waals surface area contributed by atoms with Crippen molar-refractivity contribution in [3.8, 4) is 11.3 Å². The quantitative estimate of drug-likeness (QED) is 0.408. The van der Waals surface area contributed by atoms with Crippen molar-refractivity contribution in [3.05, 3.63) is 72.8 Å². The summed E-state index contributed by atoms with van der Waals surface area (Å²) < 4.78 is 7.56. The Hall–Kier alpha value is -3.78. The van der Waals surface area contributed by atoms with Crippen molar-refractivity contribution in [1.82, 2.24) is 24.8 Å². The minimum atomic E-state index is -0.109. The van der Waals surface area contributed by atoms with E-state index < -0.39 is 0 Å². The van der Waals surface area contributed by atoms with Crippen LogP contribution < -0.4 is 10.2 Å². The Bertz CT molecular complexity index is 1260. The lowest BCUT2D eigenvalue weighted by atomic mass is 10.1. The molecule has 0 aliphatic carbocycles. The zero-order valence-electron chi connectivity index (χ0n) is 19.2. The Morgan fingerprint density at radius 3 is 2.79 bits per heavy atom. The predicted molar refractivity (Wildman–Crippen MR) is 132 cm³/mol. The smallest absolute Gasteiger partial charge is 0.251 e. The summed E-state index contributed by atoms with van der Waals surface area (Å²) in [6.07, 6.45) is 7.43. The van der Waals surface area contributed by atoms with Gasteiger partial charge in [-0.2, -0.15) is 0 Å². The summed E-state index contributed by atoms with van der Waals surface area (Å²) >= 11 is 0. The molecule has 34 heavy (non-hydrogen) atoms. The van der Waals surface area contributed by atoms with Crippen LogP contribution in [-0.4, -0.2) is 58.3 Å². The zero-order chi connectivity index (χ0) is 23.3. The van der Waals surface area contributed by atoms with Crippen LogP contribution >= 0.6 is 0 Å². The fourth-order valence-electron chi connectivity index (χ4n) is 4.29. The molecule has 0 bridgehead atoms. The van der Waals surface area contributed by atoms with E-state index in [2.05, 4.69) is 15.2 Å². The predicted octanol–water partition coefficient (Wildman–Crippen LogP) is 3.54. The number of amides is 1. The minimum absolute atomic E-state index is 0.109. The van der Waals surface area contributed by atoms with Gasteiger partial charge in [0.25, 0.3) is 5.91 Å². The molecule has 1 aliphatic rings. The molecule has 174 valence electrons. The number of benzene rings is 2. The lowest BCUT2D eigenvalue weighted by molar-refractivity contribution is 0.0953. The third-order valence-corrected chi connectivity index (χ3v) is 6.17. The average Bonchev–Trinajstić information content (AvgIpc) is 3.58. The average molecular weight is 457 g/mol. The van der Waals surface area contributed by atoms with Gasteiger partial charge in [-0.25, -0.2) is 15.0 Å². The molecule has 1 saturated heterocycles. The summed E-state index contributed by atoms with van der Waals surface area (Å²) in [5.41, 5.74) is 3.88. The van der Waals surface area contributed by atoms with Gasteiger partial charge in [-0.3, -0.25) is 4.79 Å². The molecule has 5 rings (SSSR count). The normalized spacial score (nSPS) is 15.7. The van der Waals surface area contributed by atoms with Crippen LogP contribution in [0.2, 0.25) is 0 Å². The zero-order valence-corrected chi connectivity index (χ0v) is 19.2. The number of hydrogen-bond donors (Lipinski definition) is 1. The highest BCUT2D eigenvalue weighted by Crippen LogP contribution is 2.32. The third-order valence-electron chi connectivity index (χ3n) is 6.17. The van der Waals surface area contributed by atoms with Gasteiger partial charge in [0, 0.05) is 56.8 Å². The van der Waals surface area contributed by atoms with Crippen LogP contribution in [0.5, 0.6) is 0 Å². The molecule has 1 unspecified atom stereocenters. The van der Waals surface area contributed by atoms with Crippen molar-refractivity contribution < 1.29 is 9.53 Å². The molecule has 3 heterocycles. The van der Waals surface area contributed by atoms with Crippen LogP contribution in [0.15, 0.2) is 67.3 Å². The monoisotopic (exact) mass is 456 g/mol. The van der Waals surface area contributed by atoms with Crippen LogP contribution in [-0.2, 0) is 11.3 Å². The van der Waals surface area contributed by atoms with Crippen LogP contribution in [0, 0.1) is 0 Å². The number of carbonyl (C=O) groups is 1. The fraction of sp³-hybridized carbons (Fsp3) is 0.308. The van der Waals surface area contributed by atoms with E-state index >= 15 is 0 Å². The number of methoxy groups -OCH3 is 1. The molecule has 1 atom stereocenters. The SMILES string of the molecule is COC1CCN(c2nc3ccc(C(=O)NCCCn4ccnc4)cc3nc2-c2ccccc2)C1. The van der Waals surface area contributed by atoms with Crippen molar-refractivity contribution in [2.75, 3.05) is 31.6 Å². The minimum Gasteiger partial charge on any atom is -0.380 e.